The second-order valence-electron chi connectivity index (χ2n) is 10.5. The van der Waals surface area contributed by atoms with Gasteiger partial charge in [-0.3, -0.25) is 14.5 Å². The molecule has 3 N–H and O–H groups in total. The summed E-state index contributed by atoms with van der Waals surface area (Å²) < 4.78 is 52.3. The number of morpholine rings is 1. The SMILES string of the molecule is NC(=O)C1(C(=O)N(c2ccc(F)cc2)c2ccc(Oc3ccnc(Nc4cccc(S(=O)(=O)N5CCOCC5)c4)n3)cc2)CC1. The molecular weight excluding hydrogens is 603 g/mol. The zero-order chi connectivity index (χ0) is 31.6. The van der Waals surface area contributed by atoms with Crippen LogP contribution in [0.25, 0.3) is 0 Å². The standard InChI is InChI=1S/C31H29FN6O6S/c32-21-4-6-23(7-5-21)38(29(40)31(13-14-31)28(33)39)24-8-10-25(11-9-24)44-27-12-15-34-30(36-27)35-22-2-1-3-26(20-22)45(41,42)37-16-18-43-19-17-37/h1-12,15,20H,13-14,16-19H2,(H2,33,39)(H,34,35,36). The molecule has 0 spiro atoms. The van der Waals surface area contributed by atoms with Gasteiger partial charge in [-0.2, -0.15) is 9.29 Å². The van der Waals surface area contributed by atoms with Gasteiger partial charge in [-0.05, 0) is 79.6 Å². The van der Waals surface area contributed by atoms with E-state index in [2.05, 4.69) is 15.3 Å². The number of carbonyl (C=O) groups is 2. The molecule has 0 unspecified atom stereocenters. The normalized spacial score (nSPS) is 16.0. The van der Waals surface area contributed by atoms with Crippen LogP contribution in [0.5, 0.6) is 11.6 Å². The molecule has 4 aromatic rings. The highest BCUT2D eigenvalue weighted by molar-refractivity contribution is 7.89. The molecule has 2 aliphatic rings. The molecule has 2 heterocycles. The molecule has 0 bridgehead atoms. The number of sulfonamides is 1. The first-order valence-electron chi connectivity index (χ1n) is 14.1. The molecule has 1 aliphatic heterocycles. The number of ether oxygens (including phenoxy) is 2. The Morgan fingerprint density at radius 2 is 1.64 bits per heavy atom. The lowest BCUT2D eigenvalue weighted by molar-refractivity contribution is -0.133. The topological polar surface area (TPSA) is 157 Å². The van der Waals surface area contributed by atoms with Crippen LogP contribution in [0.2, 0.25) is 0 Å². The highest BCUT2D eigenvalue weighted by Gasteiger charge is 2.57. The van der Waals surface area contributed by atoms with Gasteiger partial charge in [0.1, 0.15) is 17.0 Å². The molecule has 14 heteroatoms. The van der Waals surface area contributed by atoms with Crippen molar-refractivity contribution in [1.82, 2.24) is 14.3 Å². The van der Waals surface area contributed by atoms with Gasteiger partial charge in [-0.15, -0.1) is 0 Å². The number of anilines is 4. The van der Waals surface area contributed by atoms with Gasteiger partial charge in [0, 0.05) is 42.4 Å². The molecule has 0 radical (unpaired) electrons. The highest BCUT2D eigenvalue weighted by Crippen LogP contribution is 2.49. The number of primary amides is 1. The minimum absolute atomic E-state index is 0.137. The molecule has 1 aromatic heterocycles. The van der Waals surface area contributed by atoms with Crippen LogP contribution in [-0.4, -0.2) is 60.8 Å². The van der Waals surface area contributed by atoms with Crippen molar-refractivity contribution < 1.29 is 31.9 Å². The van der Waals surface area contributed by atoms with Crippen LogP contribution in [0.1, 0.15) is 12.8 Å². The number of nitrogens with one attached hydrogen (secondary N) is 1. The summed E-state index contributed by atoms with van der Waals surface area (Å²) in [6, 6.07) is 19.8. The smallest absolute Gasteiger partial charge is 0.247 e. The number of nitrogens with two attached hydrogens (primary N) is 1. The summed E-state index contributed by atoms with van der Waals surface area (Å²) in [5.41, 5.74) is 5.56. The van der Waals surface area contributed by atoms with E-state index >= 15 is 0 Å². The number of amides is 2. The van der Waals surface area contributed by atoms with Crippen LogP contribution >= 0.6 is 0 Å². The van der Waals surface area contributed by atoms with Crippen LogP contribution in [-0.2, 0) is 24.3 Å². The van der Waals surface area contributed by atoms with Gasteiger partial charge in [0.25, 0.3) is 0 Å². The zero-order valence-corrected chi connectivity index (χ0v) is 24.7. The van der Waals surface area contributed by atoms with Crippen LogP contribution in [0.3, 0.4) is 0 Å². The number of benzene rings is 3. The molecule has 232 valence electrons. The Kier molecular flexibility index (Phi) is 8.18. The maximum Gasteiger partial charge on any atom is 0.247 e. The van der Waals surface area contributed by atoms with E-state index in [1.807, 2.05) is 0 Å². The zero-order valence-electron chi connectivity index (χ0n) is 23.9. The number of halogens is 1. The first-order chi connectivity index (χ1) is 21.7. The number of carbonyl (C=O) groups excluding carboxylic acids is 2. The van der Waals surface area contributed by atoms with E-state index < -0.39 is 33.1 Å². The van der Waals surface area contributed by atoms with E-state index in [9.17, 15) is 22.4 Å². The Hall–Kier alpha value is -4.92. The third kappa shape index (κ3) is 6.34. The van der Waals surface area contributed by atoms with Crippen molar-refractivity contribution in [2.75, 3.05) is 36.5 Å². The third-order valence-electron chi connectivity index (χ3n) is 7.56. The van der Waals surface area contributed by atoms with Crippen molar-refractivity contribution in [3.63, 3.8) is 0 Å². The number of nitrogens with zero attached hydrogens (tertiary/aromatic N) is 4. The first-order valence-corrected chi connectivity index (χ1v) is 15.6. The molecule has 3 aromatic carbocycles. The molecule has 1 saturated carbocycles. The van der Waals surface area contributed by atoms with Crippen molar-refractivity contribution in [3.8, 4) is 11.6 Å². The van der Waals surface area contributed by atoms with Gasteiger partial charge in [0.2, 0.25) is 33.7 Å². The Morgan fingerprint density at radius 1 is 0.978 bits per heavy atom. The summed E-state index contributed by atoms with van der Waals surface area (Å²) >= 11 is 0. The van der Waals surface area contributed by atoms with E-state index in [0.29, 0.717) is 48.9 Å². The average molecular weight is 633 g/mol. The summed E-state index contributed by atoms with van der Waals surface area (Å²) in [7, 11) is -3.69. The minimum Gasteiger partial charge on any atom is -0.439 e. The van der Waals surface area contributed by atoms with E-state index in [1.54, 1.807) is 42.5 Å². The molecule has 2 amide bonds. The van der Waals surface area contributed by atoms with E-state index in [1.165, 1.54) is 51.8 Å². The largest absolute Gasteiger partial charge is 0.439 e. The number of hydrogen-bond acceptors (Lipinski definition) is 9. The molecular formula is C31H29FN6O6S. The first kappa shape index (κ1) is 30.1. The van der Waals surface area contributed by atoms with Gasteiger partial charge < -0.3 is 20.5 Å². The number of aromatic nitrogens is 2. The second kappa shape index (κ2) is 12.2. The summed E-state index contributed by atoms with van der Waals surface area (Å²) in [4.78, 5) is 35.7. The van der Waals surface area contributed by atoms with Crippen LogP contribution in [0.4, 0.5) is 27.4 Å². The molecule has 1 saturated heterocycles. The van der Waals surface area contributed by atoms with Gasteiger partial charge in [-0.1, -0.05) is 6.07 Å². The Bertz CT molecular complexity index is 1830. The number of rotatable bonds is 10. The molecule has 45 heavy (non-hydrogen) atoms. The van der Waals surface area contributed by atoms with Gasteiger partial charge >= 0.3 is 0 Å². The van der Waals surface area contributed by atoms with Crippen molar-refractivity contribution >= 4 is 44.8 Å². The van der Waals surface area contributed by atoms with E-state index in [4.69, 9.17) is 15.2 Å². The quantitative estimate of drug-likeness (QED) is 0.246. The summed E-state index contributed by atoms with van der Waals surface area (Å²) in [6.07, 6.45) is 2.18. The van der Waals surface area contributed by atoms with Crippen molar-refractivity contribution in [1.29, 1.82) is 0 Å². The predicted molar refractivity (Wildman–Crippen MR) is 162 cm³/mol. The fourth-order valence-corrected chi connectivity index (χ4v) is 6.38. The fourth-order valence-electron chi connectivity index (χ4n) is 4.92. The van der Waals surface area contributed by atoms with Crippen molar-refractivity contribution in [3.05, 3.63) is 90.9 Å². The molecule has 0 atom stereocenters. The Balaban J connectivity index is 1.18. The van der Waals surface area contributed by atoms with Crippen molar-refractivity contribution in [2.24, 2.45) is 11.1 Å². The second-order valence-corrected chi connectivity index (χ2v) is 12.5. The highest BCUT2D eigenvalue weighted by atomic mass is 32.2. The summed E-state index contributed by atoms with van der Waals surface area (Å²) in [5, 5.41) is 3.01. The lowest BCUT2D eigenvalue weighted by Crippen LogP contribution is -2.41. The van der Waals surface area contributed by atoms with E-state index in [0.717, 1.165) is 0 Å². The van der Waals surface area contributed by atoms with Gasteiger partial charge in [0.05, 0.1) is 18.1 Å². The van der Waals surface area contributed by atoms with Crippen molar-refractivity contribution in [2.45, 2.75) is 17.7 Å². The Labute approximate surface area is 258 Å². The summed E-state index contributed by atoms with van der Waals surface area (Å²) in [5.74, 6) is -0.865. The number of hydrogen-bond donors (Lipinski definition) is 2. The van der Waals surface area contributed by atoms with Crippen LogP contribution in [0, 0.1) is 11.2 Å². The molecule has 6 rings (SSSR count). The third-order valence-corrected chi connectivity index (χ3v) is 9.46. The predicted octanol–water partition coefficient (Wildman–Crippen LogP) is 4.10. The fraction of sp³-hybridized carbons (Fsp3) is 0.226. The maximum atomic E-state index is 13.6. The van der Waals surface area contributed by atoms with Crippen LogP contribution < -0.4 is 20.7 Å². The minimum atomic E-state index is -3.69. The lowest BCUT2D eigenvalue weighted by Gasteiger charge is -2.26. The maximum absolute atomic E-state index is 13.6. The van der Waals surface area contributed by atoms with Crippen LogP contribution in [0.15, 0.2) is 90.0 Å². The molecule has 12 nitrogen and oxygen atoms in total. The lowest BCUT2D eigenvalue weighted by atomic mass is 10.0. The Morgan fingerprint density at radius 3 is 2.29 bits per heavy atom. The molecule has 1 aliphatic carbocycles. The van der Waals surface area contributed by atoms with Gasteiger partial charge in [0.15, 0.2) is 0 Å². The van der Waals surface area contributed by atoms with E-state index in [-0.39, 0.29) is 29.8 Å². The summed E-state index contributed by atoms with van der Waals surface area (Å²) in [6.45, 7) is 1.28. The average Bonchev–Trinajstić information content (AvgIpc) is 3.86. The molecule has 2 fully saturated rings. The van der Waals surface area contributed by atoms with Gasteiger partial charge in [-0.25, -0.2) is 17.8 Å². The monoisotopic (exact) mass is 632 g/mol.